The van der Waals surface area contributed by atoms with Crippen LogP contribution in [-0.2, 0) is 14.4 Å². The molecule has 118 valence electrons. The number of carbonyl (C=O) groups is 3. The summed E-state index contributed by atoms with van der Waals surface area (Å²) in [4.78, 5) is 38.3. The Hall–Kier alpha value is -1.65. The number of likely N-dealkylation sites (tertiary alicyclic amines) is 1. The van der Waals surface area contributed by atoms with Crippen molar-refractivity contribution in [2.75, 3.05) is 0 Å². The topological polar surface area (TPSA) is 74.7 Å². The lowest BCUT2D eigenvalue weighted by Gasteiger charge is -2.37. The SMILES string of the molecule is CCCC[C@H](C(=O)O)N1C(=O)[C@H]2[C@@H]3C=C[C@H]([C@@H]4C[C@H]34)[C@@H]2C1=O. The molecular weight excluding hydrogens is 282 g/mol. The molecule has 5 aliphatic rings. The first kappa shape index (κ1) is 14.0. The largest absolute Gasteiger partial charge is 0.480 e. The van der Waals surface area contributed by atoms with Crippen molar-refractivity contribution in [1.29, 1.82) is 0 Å². The summed E-state index contributed by atoms with van der Waals surface area (Å²) in [6, 6.07) is -0.985. The number of aliphatic carboxylic acids is 1. The van der Waals surface area contributed by atoms with E-state index in [9.17, 15) is 19.5 Å². The lowest BCUT2D eigenvalue weighted by atomic mass is 9.63. The van der Waals surface area contributed by atoms with Crippen molar-refractivity contribution in [3.05, 3.63) is 12.2 Å². The molecule has 1 heterocycles. The molecule has 0 aromatic rings. The molecule has 5 nitrogen and oxygen atoms in total. The number of carbonyl (C=O) groups excluding carboxylic acids is 2. The molecule has 4 aliphatic carbocycles. The van der Waals surface area contributed by atoms with Gasteiger partial charge < -0.3 is 5.11 Å². The van der Waals surface area contributed by atoms with Crippen LogP contribution in [0.5, 0.6) is 0 Å². The number of amides is 2. The number of rotatable bonds is 5. The molecule has 2 saturated carbocycles. The van der Waals surface area contributed by atoms with Gasteiger partial charge in [-0.2, -0.15) is 0 Å². The fourth-order valence-electron chi connectivity index (χ4n) is 5.05. The normalized spacial score (nSPS) is 42.3. The summed E-state index contributed by atoms with van der Waals surface area (Å²) in [6.45, 7) is 1.98. The van der Waals surface area contributed by atoms with Gasteiger partial charge in [-0.15, -0.1) is 0 Å². The third kappa shape index (κ3) is 1.68. The lowest BCUT2D eigenvalue weighted by molar-refractivity contribution is -0.155. The van der Waals surface area contributed by atoms with Crippen molar-refractivity contribution < 1.29 is 19.5 Å². The minimum atomic E-state index is -1.06. The fourth-order valence-corrected chi connectivity index (χ4v) is 5.05. The van der Waals surface area contributed by atoms with Crippen LogP contribution in [0.3, 0.4) is 0 Å². The lowest BCUT2D eigenvalue weighted by Crippen LogP contribution is -2.45. The predicted octanol–water partition coefficient (Wildman–Crippen LogP) is 1.68. The quantitative estimate of drug-likeness (QED) is 0.619. The van der Waals surface area contributed by atoms with Crippen LogP contribution in [0.1, 0.15) is 32.6 Å². The first-order chi connectivity index (χ1) is 10.6. The number of unbranched alkanes of at least 4 members (excludes halogenated alkanes) is 1. The maximum atomic E-state index is 12.8. The Labute approximate surface area is 129 Å². The Morgan fingerprint density at radius 3 is 2.23 bits per heavy atom. The van der Waals surface area contributed by atoms with E-state index < -0.39 is 12.0 Å². The second-order valence-electron chi connectivity index (χ2n) is 7.20. The highest BCUT2D eigenvalue weighted by atomic mass is 16.4. The maximum Gasteiger partial charge on any atom is 0.326 e. The molecule has 0 radical (unpaired) electrons. The molecule has 0 spiro atoms. The molecule has 22 heavy (non-hydrogen) atoms. The van der Waals surface area contributed by atoms with Crippen molar-refractivity contribution in [3.63, 3.8) is 0 Å². The first-order valence-electron chi connectivity index (χ1n) is 8.34. The van der Waals surface area contributed by atoms with Gasteiger partial charge in [0.25, 0.3) is 0 Å². The van der Waals surface area contributed by atoms with Gasteiger partial charge in [0.1, 0.15) is 6.04 Å². The number of carboxylic acids is 1. The van der Waals surface area contributed by atoms with Gasteiger partial charge in [-0.1, -0.05) is 31.9 Å². The van der Waals surface area contributed by atoms with Crippen LogP contribution < -0.4 is 0 Å². The van der Waals surface area contributed by atoms with Crippen LogP contribution in [0, 0.1) is 35.5 Å². The van der Waals surface area contributed by atoms with Crippen molar-refractivity contribution in [3.8, 4) is 0 Å². The van der Waals surface area contributed by atoms with E-state index in [1.807, 2.05) is 6.92 Å². The first-order valence-corrected chi connectivity index (χ1v) is 8.34. The smallest absolute Gasteiger partial charge is 0.326 e. The summed E-state index contributed by atoms with van der Waals surface area (Å²) in [5.41, 5.74) is 0. The second kappa shape index (κ2) is 4.67. The molecule has 1 saturated heterocycles. The third-order valence-electron chi connectivity index (χ3n) is 6.12. The van der Waals surface area contributed by atoms with Gasteiger partial charge >= 0.3 is 5.97 Å². The van der Waals surface area contributed by atoms with E-state index in [0.717, 1.165) is 17.7 Å². The molecule has 3 fully saturated rings. The highest BCUT2D eigenvalue weighted by Crippen LogP contribution is 2.65. The molecule has 1 aliphatic heterocycles. The molecule has 1 N–H and O–H groups in total. The van der Waals surface area contributed by atoms with Gasteiger partial charge in [0, 0.05) is 0 Å². The van der Waals surface area contributed by atoms with Crippen LogP contribution in [0.25, 0.3) is 0 Å². The average molecular weight is 303 g/mol. The zero-order valence-corrected chi connectivity index (χ0v) is 12.6. The summed E-state index contributed by atoms with van der Waals surface area (Å²) in [5.74, 6) is -0.710. The van der Waals surface area contributed by atoms with Gasteiger partial charge in [0.05, 0.1) is 11.8 Å². The molecule has 7 atom stereocenters. The van der Waals surface area contributed by atoms with Crippen molar-refractivity contribution >= 4 is 17.8 Å². The van der Waals surface area contributed by atoms with Crippen LogP contribution >= 0.6 is 0 Å². The summed E-state index contributed by atoms with van der Waals surface area (Å²) in [6.07, 6.45) is 7.25. The zero-order chi connectivity index (χ0) is 15.6. The molecule has 0 aromatic carbocycles. The van der Waals surface area contributed by atoms with Gasteiger partial charge in [0.15, 0.2) is 0 Å². The molecule has 5 heteroatoms. The molecule has 2 bridgehead atoms. The number of hydrogen-bond donors (Lipinski definition) is 1. The summed E-state index contributed by atoms with van der Waals surface area (Å²) >= 11 is 0. The number of allylic oxidation sites excluding steroid dienone is 2. The molecule has 0 aromatic heterocycles. The number of imide groups is 1. The van der Waals surface area contributed by atoms with E-state index >= 15 is 0 Å². The molecule has 5 rings (SSSR count). The van der Waals surface area contributed by atoms with E-state index in [4.69, 9.17) is 0 Å². The van der Waals surface area contributed by atoms with Crippen LogP contribution in [0.2, 0.25) is 0 Å². The van der Waals surface area contributed by atoms with E-state index in [2.05, 4.69) is 12.2 Å². The monoisotopic (exact) mass is 303 g/mol. The van der Waals surface area contributed by atoms with Crippen molar-refractivity contribution in [1.82, 2.24) is 4.90 Å². The summed E-state index contributed by atoms with van der Waals surface area (Å²) < 4.78 is 0. The fraction of sp³-hybridized carbons (Fsp3) is 0.706. The Kier molecular flexibility index (Phi) is 2.97. The van der Waals surface area contributed by atoms with Gasteiger partial charge in [0.2, 0.25) is 11.8 Å². The van der Waals surface area contributed by atoms with E-state index in [-0.39, 0.29) is 35.5 Å². The van der Waals surface area contributed by atoms with E-state index in [1.165, 1.54) is 0 Å². The predicted molar refractivity (Wildman–Crippen MR) is 77.5 cm³/mol. The minimum Gasteiger partial charge on any atom is -0.480 e. The average Bonchev–Trinajstić information content (AvgIpc) is 3.27. The zero-order valence-electron chi connectivity index (χ0n) is 12.6. The second-order valence-corrected chi connectivity index (χ2v) is 7.20. The van der Waals surface area contributed by atoms with Gasteiger partial charge in [-0.3, -0.25) is 14.5 Å². The summed E-state index contributed by atoms with van der Waals surface area (Å²) in [5, 5.41) is 9.48. The van der Waals surface area contributed by atoms with Gasteiger partial charge in [-0.05, 0) is 36.5 Å². The number of carboxylic acid groups (broad SMARTS) is 1. The number of hydrogen-bond acceptors (Lipinski definition) is 3. The maximum absolute atomic E-state index is 12.8. The molecular formula is C17H21NO4. The van der Waals surface area contributed by atoms with Gasteiger partial charge in [-0.25, -0.2) is 4.79 Å². The van der Waals surface area contributed by atoms with E-state index in [0.29, 0.717) is 24.7 Å². The Bertz CT molecular complexity index is 547. The Morgan fingerprint density at radius 2 is 1.77 bits per heavy atom. The summed E-state index contributed by atoms with van der Waals surface area (Å²) in [7, 11) is 0. The Balaban J connectivity index is 1.65. The number of nitrogens with zero attached hydrogens (tertiary/aromatic N) is 1. The highest BCUT2D eigenvalue weighted by molar-refractivity contribution is 6.08. The van der Waals surface area contributed by atoms with Crippen LogP contribution in [-0.4, -0.2) is 33.8 Å². The molecule has 2 amide bonds. The van der Waals surface area contributed by atoms with Crippen LogP contribution in [0.15, 0.2) is 12.2 Å². The minimum absolute atomic E-state index is 0.155. The molecule has 0 unspecified atom stereocenters. The third-order valence-corrected chi connectivity index (χ3v) is 6.12. The van der Waals surface area contributed by atoms with E-state index in [1.54, 1.807) is 0 Å². The van der Waals surface area contributed by atoms with Crippen LogP contribution in [0.4, 0.5) is 0 Å². The Morgan fingerprint density at radius 1 is 1.23 bits per heavy atom. The standard InChI is InChI=1S/C17H21NO4/c1-2-3-4-12(17(21)22)18-15(19)13-8-5-6-9(11-7-10(8)11)14(13)16(18)20/h5-6,8-14H,2-4,7H2,1H3,(H,21,22)/t8-,9-,10-,11+,12-,13+,14+/m1/s1. The van der Waals surface area contributed by atoms with Crippen molar-refractivity contribution in [2.45, 2.75) is 38.6 Å². The van der Waals surface area contributed by atoms with Crippen molar-refractivity contribution in [2.24, 2.45) is 35.5 Å². The highest BCUT2D eigenvalue weighted by Gasteiger charge is 2.67.